The average Bonchev–Trinajstić information content (AvgIpc) is 2.58. The number of carboxylic acids is 1. The van der Waals surface area contributed by atoms with Crippen LogP contribution >= 0.6 is 0 Å². The number of aliphatic carboxylic acids is 1. The minimum absolute atomic E-state index is 0. The Kier molecular flexibility index (Phi) is 26.1. The Morgan fingerprint density at radius 3 is 1.42 bits per heavy atom. The van der Waals surface area contributed by atoms with Crippen molar-refractivity contribution in [2.75, 3.05) is 6.54 Å². The van der Waals surface area contributed by atoms with E-state index in [2.05, 4.69) is 12.2 Å². The van der Waals surface area contributed by atoms with Crippen LogP contribution in [-0.4, -0.2) is 18.4 Å². The fourth-order valence-corrected chi connectivity index (χ4v) is 3.05. The van der Waals surface area contributed by atoms with Gasteiger partial charge in [-0.25, -0.2) is 0 Å². The zero-order chi connectivity index (χ0) is 18.6. The summed E-state index contributed by atoms with van der Waals surface area (Å²) in [5, 5.41) is 12.8. The van der Waals surface area contributed by atoms with Crippen LogP contribution in [0.3, 0.4) is 0 Å². The topological polar surface area (TPSA) is 69.2 Å². The number of unbranched alkanes of at least 4 members (excludes halogenated alkanes) is 14. The predicted octanol–water partition coefficient (Wildman–Crippen LogP) is 1.51. The van der Waals surface area contributed by atoms with Crippen LogP contribution in [0.15, 0.2) is 0 Å². The maximum absolute atomic E-state index is 11.4. The van der Waals surface area contributed by atoms with Crippen LogP contribution in [0.5, 0.6) is 0 Å². The summed E-state index contributed by atoms with van der Waals surface area (Å²) in [6, 6.07) is 0. The molecule has 0 rings (SSSR count). The molecule has 0 aromatic heterocycles. The van der Waals surface area contributed by atoms with E-state index in [9.17, 15) is 14.7 Å². The van der Waals surface area contributed by atoms with Gasteiger partial charge in [-0.05, 0) is 6.42 Å². The number of carboxylic acid groups (broad SMARTS) is 1. The number of nitrogens with one attached hydrogen (secondary N) is 1. The number of rotatable bonds is 19. The summed E-state index contributed by atoms with van der Waals surface area (Å²) < 4.78 is 0. The van der Waals surface area contributed by atoms with Crippen LogP contribution in [0.25, 0.3) is 0 Å². The molecule has 5 heteroatoms. The van der Waals surface area contributed by atoms with Crippen molar-refractivity contribution in [2.24, 2.45) is 0 Å². The van der Waals surface area contributed by atoms with Crippen molar-refractivity contribution in [2.45, 2.75) is 116 Å². The van der Waals surface area contributed by atoms with Crippen LogP contribution in [-0.2, 0) is 9.59 Å². The summed E-state index contributed by atoms with van der Waals surface area (Å²) in [6.07, 6.45) is 20.1. The first-order valence-electron chi connectivity index (χ1n) is 10.6. The second kappa shape index (κ2) is 23.6. The van der Waals surface area contributed by atoms with Crippen LogP contribution in [0.1, 0.15) is 116 Å². The summed E-state index contributed by atoms with van der Waals surface area (Å²) in [6.45, 7) is 2.44. The van der Waals surface area contributed by atoms with E-state index in [4.69, 9.17) is 0 Å². The molecule has 1 N–H and O–H groups in total. The Hall–Kier alpha value is 0.576. The smallest absolute Gasteiger partial charge is 0.550 e. The van der Waals surface area contributed by atoms with Crippen molar-refractivity contribution in [3.8, 4) is 0 Å². The quantitative estimate of drug-likeness (QED) is 0.267. The molecule has 1 amide bonds. The van der Waals surface area contributed by atoms with E-state index in [0.717, 1.165) is 12.8 Å². The zero-order valence-electron chi connectivity index (χ0n) is 17.5. The normalized spacial score (nSPS) is 10.3. The van der Waals surface area contributed by atoms with Gasteiger partial charge in [0, 0.05) is 25.4 Å². The molecule has 0 aliphatic carbocycles. The van der Waals surface area contributed by atoms with Gasteiger partial charge in [-0.3, -0.25) is 4.79 Å². The molecule has 0 unspecified atom stereocenters. The Labute approximate surface area is 204 Å². The molecule has 0 heterocycles. The van der Waals surface area contributed by atoms with E-state index in [0.29, 0.717) is 6.42 Å². The number of amides is 1. The molecule has 0 atom stereocenters. The summed E-state index contributed by atoms with van der Waals surface area (Å²) in [4.78, 5) is 21.7. The fourth-order valence-electron chi connectivity index (χ4n) is 3.05. The molecular formula is C21H40KNO3. The van der Waals surface area contributed by atoms with E-state index < -0.39 is 5.97 Å². The molecule has 0 saturated heterocycles. The molecular weight excluding hydrogens is 353 g/mol. The molecule has 0 aromatic rings. The number of carbonyl (C=O) groups is 2. The van der Waals surface area contributed by atoms with Crippen molar-refractivity contribution in [3.05, 3.63) is 0 Å². The van der Waals surface area contributed by atoms with Crippen molar-refractivity contribution < 1.29 is 66.1 Å². The average molecular weight is 394 g/mol. The molecule has 0 aliphatic rings. The van der Waals surface area contributed by atoms with Gasteiger partial charge in [0.1, 0.15) is 0 Å². The van der Waals surface area contributed by atoms with Gasteiger partial charge in [0.2, 0.25) is 5.91 Å². The molecule has 4 nitrogen and oxygen atoms in total. The van der Waals surface area contributed by atoms with Gasteiger partial charge in [0.25, 0.3) is 0 Å². The molecule has 148 valence electrons. The van der Waals surface area contributed by atoms with E-state index in [1.165, 1.54) is 83.5 Å². The molecule has 0 saturated carbocycles. The third-order valence-electron chi connectivity index (χ3n) is 4.66. The molecule has 0 aliphatic heterocycles. The van der Waals surface area contributed by atoms with Gasteiger partial charge in [-0.15, -0.1) is 0 Å². The Morgan fingerprint density at radius 1 is 0.654 bits per heavy atom. The van der Waals surface area contributed by atoms with Gasteiger partial charge in [0.05, 0.1) is 0 Å². The SMILES string of the molecule is CCCCCCCCCCCCCCCCCC(=O)NCCC(=O)[O-].[K+]. The summed E-state index contributed by atoms with van der Waals surface area (Å²) in [5.74, 6) is -1.16. The molecule has 0 spiro atoms. The van der Waals surface area contributed by atoms with Crippen molar-refractivity contribution >= 4 is 11.9 Å². The van der Waals surface area contributed by atoms with Gasteiger partial charge in [-0.1, -0.05) is 96.8 Å². The van der Waals surface area contributed by atoms with Crippen LogP contribution in [0.2, 0.25) is 0 Å². The monoisotopic (exact) mass is 393 g/mol. The van der Waals surface area contributed by atoms with Gasteiger partial charge in [0.15, 0.2) is 0 Å². The van der Waals surface area contributed by atoms with E-state index in [1.807, 2.05) is 0 Å². The first kappa shape index (κ1) is 28.8. The molecule has 0 aromatic carbocycles. The maximum Gasteiger partial charge on any atom is 1.00 e. The Bertz CT molecular complexity index is 324. The van der Waals surface area contributed by atoms with E-state index in [1.54, 1.807) is 0 Å². The molecule has 0 radical (unpaired) electrons. The van der Waals surface area contributed by atoms with Crippen molar-refractivity contribution in [1.29, 1.82) is 0 Å². The zero-order valence-corrected chi connectivity index (χ0v) is 20.6. The van der Waals surface area contributed by atoms with Crippen LogP contribution in [0, 0.1) is 0 Å². The summed E-state index contributed by atoms with van der Waals surface area (Å²) in [5.41, 5.74) is 0. The van der Waals surface area contributed by atoms with E-state index >= 15 is 0 Å². The molecule has 26 heavy (non-hydrogen) atoms. The molecule has 0 fully saturated rings. The minimum Gasteiger partial charge on any atom is -0.550 e. The minimum atomic E-state index is -1.12. The second-order valence-corrected chi connectivity index (χ2v) is 7.17. The van der Waals surface area contributed by atoms with Gasteiger partial charge < -0.3 is 15.2 Å². The Balaban J connectivity index is 0. The maximum atomic E-state index is 11.4. The second-order valence-electron chi connectivity index (χ2n) is 7.17. The summed E-state index contributed by atoms with van der Waals surface area (Å²) >= 11 is 0. The third kappa shape index (κ3) is 24.6. The first-order valence-corrected chi connectivity index (χ1v) is 10.6. The molecule has 0 bridgehead atoms. The van der Waals surface area contributed by atoms with Gasteiger partial charge >= 0.3 is 51.4 Å². The third-order valence-corrected chi connectivity index (χ3v) is 4.66. The number of hydrogen-bond acceptors (Lipinski definition) is 3. The largest absolute Gasteiger partial charge is 1.00 e. The standard InChI is InChI=1S/C21H41NO3.K/c1-2-3-4-5-6-7-8-9-10-11-12-13-14-15-16-17-20(23)22-19-18-21(24)25;/h2-19H2,1H3,(H,22,23)(H,24,25);/q;+1/p-1. The Morgan fingerprint density at radius 2 is 1.04 bits per heavy atom. The van der Waals surface area contributed by atoms with Gasteiger partial charge in [-0.2, -0.15) is 0 Å². The van der Waals surface area contributed by atoms with Crippen molar-refractivity contribution in [1.82, 2.24) is 5.32 Å². The first-order chi connectivity index (χ1) is 12.2. The van der Waals surface area contributed by atoms with Crippen LogP contribution < -0.4 is 61.8 Å². The van der Waals surface area contributed by atoms with Crippen LogP contribution in [0.4, 0.5) is 0 Å². The number of hydrogen-bond donors (Lipinski definition) is 1. The van der Waals surface area contributed by atoms with Crippen molar-refractivity contribution in [3.63, 3.8) is 0 Å². The predicted molar refractivity (Wildman–Crippen MR) is 102 cm³/mol. The fraction of sp³-hybridized carbons (Fsp3) is 0.905. The summed E-state index contributed by atoms with van der Waals surface area (Å²) in [7, 11) is 0. The van der Waals surface area contributed by atoms with E-state index in [-0.39, 0.29) is 70.3 Å². The number of carbonyl (C=O) groups excluding carboxylic acids is 2.